The fourth-order valence-corrected chi connectivity index (χ4v) is 2.80. The van der Waals surface area contributed by atoms with Gasteiger partial charge in [0.25, 0.3) is 0 Å². The van der Waals surface area contributed by atoms with E-state index < -0.39 is 0 Å². The smallest absolute Gasteiger partial charge is 0.0861 e. The van der Waals surface area contributed by atoms with E-state index in [9.17, 15) is 0 Å². The minimum Gasteiger partial charge on any atom is -0.322 e. The Labute approximate surface area is 77.4 Å². The highest BCUT2D eigenvalue weighted by Gasteiger charge is 2.35. The third-order valence-corrected chi connectivity index (χ3v) is 3.95. The lowest BCUT2D eigenvalue weighted by atomic mass is 9.92. The van der Waals surface area contributed by atoms with E-state index in [-0.39, 0.29) is 0 Å². The van der Waals surface area contributed by atoms with E-state index in [2.05, 4.69) is 27.7 Å². The van der Waals surface area contributed by atoms with E-state index in [1.54, 1.807) is 0 Å². The molecule has 1 aliphatic rings. The number of quaternary nitrogens is 1. The van der Waals surface area contributed by atoms with Crippen molar-refractivity contribution >= 4 is 0 Å². The van der Waals surface area contributed by atoms with Crippen molar-refractivity contribution in [2.24, 2.45) is 5.92 Å². The van der Waals surface area contributed by atoms with Crippen LogP contribution in [0, 0.1) is 5.92 Å². The zero-order chi connectivity index (χ0) is 9.19. The summed E-state index contributed by atoms with van der Waals surface area (Å²) < 4.78 is 1.36. The molecule has 0 aliphatic carbocycles. The highest BCUT2D eigenvalue weighted by Crippen LogP contribution is 2.28. The van der Waals surface area contributed by atoms with Gasteiger partial charge >= 0.3 is 0 Å². The predicted octanol–water partition coefficient (Wildman–Crippen LogP) is 2.66. The second-order valence-electron chi connectivity index (χ2n) is 4.57. The molecule has 2 unspecified atom stereocenters. The number of nitrogens with zero attached hydrogens (tertiary/aromatic N) is 1. The minimum atomic E-state index is 0.899. The lowest BCUT2D eigenvalue weighted by molar-refractivity contribution is -0.954. The van der Waals surface area contributed by atoms with Crippen molar-refractivity contribution in [2.75, 3.05) is 19.6 Å². The van der Waals surface area contributed by atoms with Crippen LogP contribution in [0.5, 0.6) is 0 Å². The Morgan fingerprint density at radius 2 is 1.67 bits per heavy atom. The Morgan fingerprint density at radius 1 is 1.08 bits per heavy atom. The first-order chi connectivity index (χ1) is 5.64. The van der Waals surface area contributed by atoms with Gasteiger partial charge in [0, 0.05) is 5.92 Å². The second kappa shape index (κ2) is 3.78. The van der Waals surface area contributed by atoms with Crippen molar-refractivity contribution in [2.45, 2.75) is 46.6 Å². The largest absolute Gasteiger partial charge is 0.322 e. The summed E-state index contributed by atoms with van der Waals surface area (Å²) in [4.78, 5) is 0. The highest BCUT2D eigenvalue weighted by atomic mass is 15.4. The summed E-state index contributed by atoms with van der Waals surface area (Å²) in [6.07, 6.45) is 2.88. The molecular formula is C11H24N+. The van der Waals surface area contributed by atoms with E-state index in [0.29, 0.717) is 0 Å². The Hall–Kier alpha value is -0.0400. The van der Waals surface area contributed by atoms with Crippen LogP contribution in [0.25, 0.3) is 0 Å². The van der Waals surface area contributed by atoms with Crippen molar-refractivity contribution in [1.29, 1.82) is 0 Å². The van der Waals surface area contributed by atoms with Crippen LogP contribution in [0.3, 0.4) is 0 Å². The molecule has 0 aromatic carbocycles. The number of rotatable bonds is 2. The van der Waals surface area contributed by atoms with Crippen LogP contribution in [-0.4, -0.2) is 30.2 Å². The molecule has 1 saturated heterocycles. The van der Waals surface area contributed by atoms with Crippen LogP contribution in [-0.2, 0) is 0 Å². The summed E-state index contributed by atoms with van der Waals surface area (Å²) >= 11 is 0. The van der Waals surface area contributed by atoms with Crippen molar-refractivity contribution in [1.82, 2.24) is 0 Å². The molecule has 72 valence electrons. The fraction of sp³-hybridized carbons (Fsp3) is 1.00. The Morgan fingerprint density at radius 3 is 2.08 bits per heavy atom. The van der Waals surface area contributed by atoms with E-state index >= 15 is 0 Å². The van der Waals surface area contributed by atoms with E-state index in [1.165, 1.54) is 37.0 Å². The molecule has 12 heavy (non-hydrogen) atoms. The molecule has 0 radical (unpaired) electrons. The van der Waals surface area contributed by atoms with Crippen LogP contribution in [0.15, 0.2) is 0 Å². The van der Waals surface area contributed by atoms with Crippen molar-refractivity contribution in [3.63, 3.8) is 0 Å². The summed E-state index contributed by atoms with van der Waals surface area (Å²) in [5.41, 5.74) is 0. The van der Waals surface area contributed by atoms with Gasteiger partial charge in [-0.1, -0.05) is 6.92 Å². The van der Waals surface area contributed by atoms with Crippen LogP contribution < -0.4 is 0 Å². The fourth-order valence-electron chi connectivity index (χ4n) is 2.80. The van der Waals surface area contributed by atoms with Gasteiger partial charge in [0.05, 0.1) is 25.7 Å². The quantitative estimate of drug-likeness (QED) is 0.559. The van der Waals surface area contributed by atoms with Crippen molar-refractivity contribution < 1.29 is 4.48 Å². The standard InChI is InChI=1S/C11H24N/c1-5-12(6-2)9-10(3)7-8-11(12)4/h10-11H,5-9H2,1-4H3/q+1. The van der Waals surface area contributed by atoms with Gasteiger partial charge in [0.1, 0.15) is 0 Å². The first-order valence-electron chi connectivity index (χ1n) is 5.50. The molecule has 1 heteroatoms. The summed E-state index contributed by atoms with van der Waals surface area (Å²) in [5, 5.41) is 0. The van der Waals surface area contributed by atoms with Crippen molar-refractivity contribution in [3.8, 4) is 0 Å². The molecule has 2 atom stereocenters. The zero-order valence-corrected chi connectivity index (χ0v) is 9.14. The Balaban J connectivity index is 2.68. The normalized spacial score (nSPS) is 35.0. The second-order valence-corrected chi connectivity index (χ2v) is 4.57. The molecule has 1 rings (SSSR count). The highest BCUT2D eigenvalue weighted by molar-refractivity contribution is 4.66. The molecule has 1 fully saturated rings. The number of piperidine rings is 1. The van der Waals surface area contributed by atoms with Gasteiger partial charge in [-0.3, -0.25) is 0 Å². The van der Waals surface area contributed by atoms with Gasteiger partial charge < -0.3 is 4.48 Å². The monoisotopic (exact) mass is 170 g/mol. The molecule has 0 aromatic heterocycles. The summed E-state index contributed by atoms with van der Waals surface area (Å²) in [7, 11) is 0. The first-order valence-corrected chi connectivity index (χ1v) is 5.50. The maximum Gasteiger partial charge on any atom is 0.0861 e. The Kier molecular flexibility index (Phi) is 3.16. The molecule has 1 heterocycles. The molecule has 0 aromatic rings. The minimum absolute atomic E-state index is 0.899. The SMILES string of the molecule is CC[N+]1(CC)CC(C)CCC1C. The average Bonchev–Trinajstić information content (AvgIpc) is 2.09. The molecule has 0 bridgehead atoms. The Bertz CT molecular complexity index is 138. The van der Waals surface area contributed by atoms with Crippen LogP contribution in [0.2, 0.25) is 0 Å². The van der Waals surface area contributed by atoms with E-state index in [0.717, 1.165) is 12.0 Å². The van der Waals surface area contributed by atoms with Gasteiger partial charge in [0.2, 0.25) is 0 Å². The summed E-state index contributed by atoms with van der Waals surface area (Å²) in [6, 6.07) is 0.899. The van der Waals surface area contributed by atoms with Gasteiger partial charge in [-0.2, -0.15) is 0 Å². The van der Waals surface area contributed by atoms with E-state index in [1.807, 2.05) is 0 Å². The lowest BCUT2D eigenvalue weighted by Gasteiger charge is -2.47. The van der Waals surface area contributed by atoms with Gasteiger partial charge in [-0.25, -0.2) is 0 Å². The van der Waals surface area contributed by atoms with Crippen LogP contribution >= 0.6 is 0 Å². The molecule has 1 aliphatic heterocycles. The number of hydrogen-bond acceptors (Lipinski definition) is 0. The molecule has 0 saturated carbocycles. The summed E-state index contributed by atoms with van der Waals surface area (Å²) in [6.45, 7) is 13.6. The van der Waals surface area contributed by atoms with E-state index in [4.69, 9.17) is 0 Å². The van der Waals surface area contributed by atoms with Crippen LogP contribution in [0.4, 0.5) is 0 Å². The maximum atomic E-state index is 2.43. The molecular weight excluding hydrogens is 146 g/mol. The number of hydrogen-bond donors (Lipinski definition) is 0. The number of likely N-dealkylation sites (tertiary alicyclic amines) is 1. The molecule has 0 amide bonds. The predicted molar refractivity (Wildman–Crippen MR) is 54.1 cm³/mol. The lowest BCUT2D eigenvalue weighted by Crippen LogP contribution is -2.58. The topological polar surface area (TPSA) is 0 Å². The van der Waals surface area contributed by atoms with Crippen LogP contribution in [0.1, 0.15) is 40.5 Å². The van der Waals surface area contributed by atoms with Gasteiger partial charge in [-0.15, -0.1) is 0 Å². The average molecular weight is 170 g/mol. The molecule has 0 N–H and O–H groups in total. The molecule has 0 spiro atoms. The third-order valence-electron chi connectivity index (χ3n) is 3.95. The third kappa shape index (κ3) is 1.66. The van der Waals surface area contributed by atoms with Gasteiger partial charge in [0.15, 0.2) is 0 Å². The molecule has 1 nitrogen and oxygen atoms in total. The van der Waals surface area contributed by atoms with Crippen molar-refractivity contribution in [3.05, 3.63) is 0 Å². The summed E-state index contributed by atoms with van der Waals surface area (Å²) in [5.74, 6) is 0.945. The maximum absolute atomic E-state index is 2.43. The zero-order valence-electron chi connectivity index (χ0n) is 9.14. The first kappa shape index (κ1) is 10.0. The van der Waals surface area contributed by atoms with Gasteiger partial charge in [-0.05, 0) is 33.6 Å².